The number of hydrogen-bond acceptors (Lipinski definition) is 4. The first kappa shape index (κ1) is 22.1. The average molecular weight is 486 g/mol. The molecule has 2 aromatic rings. The van der Waals surface area contributed by atoms with Gasteiger partial charge in [0.1, 0.15) is 12.4 Å². The molecule has 9 heteroatoms. The molecule has 0 radical (unpaired) electrons. The lowest BCUT2D eigenvalue weighted by atomic mass is 10.1. The van der Waals surface area contributed by atoms with E-state index in [9.17, 15) is 22.8 Å². The molecule has 5 nitrogen and oxygen atoms in total. The standard InChI is InChI=1S/C21H19BrF3NO4/c1-3-19(27)30-18-11-29-17-9-14(7-8-15(17)18)26(20(28)21(23,24)25)10-13-5-4-6-16(22)12(13)2/h4-9,18H,3,10-11H2,1-2H3/t18-/m1/s1. The Hall–Kier alpha value is -2.55. The third kappa shape index (κ3) is 4.61. The first-order valence-electron chi connectivity index (χ1n) is 9.20. The van der Waals surface area contributed by atoms with Gasteiger partial charge < -0.3 is 14.4 Å². The van der Waals surface area contributed by atoms with E-state index in [0.717, 1.165) is 10.0 Å². The first-order valence-corrected chi connectivity index (χ1v) is 10.00. The highest BCUT2D eigenvalue weighted by atomic mass is 79.9. The van der Waals surface area contributed by atoms with Crippen molar-refractivity contribution in [3.05, 3.63) is 57.6 Å². The Bertz CT molecular complexity index is 977. The van der Waals surface area contributed by atoms with Crippen molar-refractivity contribution in [2.45, 2.75) is 39.1 Å². The van der Waals surface area contributed by atoms with Gasteiger partial charge in [0.2, 0.25) is 0 Å². The topological polar surface area (TPSA) is 55.8 Å². The van der Waals surface area contributed by atoms with E-state index < -0.39 is 24.2 Å². The molecule has 0 unspecified atom stereocenters. The van der Waals surface area contributed by atoms with Crippen LogP contribution in [0.2, 0.25) is 0 Å². The van der Waals surface area contributed by atoms with E-state index in [4.69, 9.17) is 9.47 Å². The van der Waals surface area contributed by atoms with Crippen LogP contribution < -0.4 is 9.64 Å². The van der Waals surface area contributed by atoms with E-state index in [0.29, 0.717) is 16.0 Å². The molecule has 0 saturated carbocycles. The van der Waals surface area contributed by atoms with Gasteiger partial charge in [0.05, 0.1) is 6.54 Å². The Balaban J connectivity index is 1.96. The van der Waals surface area contributed by atoms with Gasteiger partial charge in [0.15, 0.2) is 6.10 Å². The number of amides is 1. The van der Waals surface area contributed by atoms with Crippen LogP contribution in [0.1, 0.15) is 36.1 Å². The Morgan fingerprint density at radius 2 is 2.00 bits per heavy atom. The number of alkyl halides is 3. The molecule has 160 valence electrons. The zero-order valence-corrected chi connectivity index (χ0v) is 17.8. The van der Waals surface area contributed by atoms with Crippen LogP contribution in [0, 0.1) is 6.92 Å². The molecule has 1 atom stereocenters. The summed E-state index contributed by atoms with van der Waals surface area (Å²) in [4.78, 5) is 24.4. The second-order valence-electron chi connectivity index (χ2n) is 6.78. The van der Waals surface area contributed by atoms with Gasteiger partial charge in [-0.3, -0.25) is 9.59 Å². The van der Waals surface area contributed by atoms with Crippen molar-refractivity contribution < 1.29 is 32.2 Å². The number of anilines is 1. The molecule has 0 spiro atoms. The summed E-state index contributed by atoms with van der Waals surface area (Å²) in [6.07, 6.45) is -5.47. The maximum Gasteiger partial charge on any atom is 0.471 e. The molecule has 0 bridgehead atoms. The van der Waals surface area contributed by atoms with Crippen molar-refractivity contribution in [3.8, 4) is 5.75 Å². The smallest absolute Gasteiger partial charge is 0.471 e. The molecule has 0 saturated heterocycles. The van der Waals surface area contributed by atoms with Crippen molar-refractivity contribution in [1.82, 2.24) is 0 Å². The summed E-state index contributed by atoms with van der Waals surface area (Å²) < 4.78 is 51.4. The summed E-state index contributed by atoms with van der Waals surface area (Å²) in [7, 11) is 0. The van der Waals surface area contributed by atoms with Gasteiger partial charge in [-0.05, 0) is 36.2 Å². The minimum atomic E-state index is -5.04. The van der Waals surface area contributed by atoms with E-state index >= 15 is 0 Å². The Morgan fingerprint density at radius 3 is 2.67 bits per heavy atom. The van der Waals surface area contributed by atoms with Crippen LogP contribution in [-0.4, -0.2) is 24.7 Å². The number of nitrogens with zero attached hydrogens (tertiary/aromatic N) is 1. The van der Waals surface area contributed by atoms with Crippen LogP contribution in [0.15, 0.2) is 40.9 Å². The molecule has 0 N–H and O–H groups in total. The van der Waals surface area contributed by atoms with Crippen LogP contribution >= 0.6 is 15.9 Å². The highest BCUT2D eigenvalue weighted by Gasteiger charge is 2.43. The van der Waals surface area contributed by atoms with Crippen molar-refractivity contribution >= 4 is 33.5 Å². The lowest BCUT2D eigenvalue weighted by molar-refractivity contribution is -0.170. The second-order valence-corrected chi connectivity index (χ2v) is 7.63. The number of rotatable bonds is 5. The summed E-state index contributed by atoms with van der Waals surface area (Å²) in [6, 6.07) is 9.43. The fourth-order valence-electron chi connectivity index (χ4n) is 3.10. The summed E-state index contributed by atoms with van der Waals surface area (Å²) in [5.41, 5.74) is 1.90. The highest BCUT2D eigenvalue weighted by molar-refractivity contribution is 9.10. The minimum Gasteiger partial charge on any atom is -0.489 e. The second kappa shape index (κ2) is 8.67. The molecule has 0 fully saturated rings. The van der Waals surface area contributed by atoms with E-state index in [2.05, 4.69) is 15.9 Å². The Morgan fingerprint density at radius 1 is 1.27 bits per heavy atom. The fourth-order valence-corrected chi connectivity index (χ4v) is 3.51. The number of carbonyl (C=O) groups excluding carboxylic acids is 2. The monoisotopic (exact) mass is 485 g/mol. The van der Waals surface area contributed by atoms with Crippen LogP contribution in [0.5, 0.6) is 5.75 Å². The third-order valence-electron chi connectivity index (χ3n) is 4.80. The minimum absolute atomic E-state index is 0.0397. The molecular weight excluding hydrogens is 467 g/mol. The van der Waals surface area contributed by atoms with E-state index in [1.54, 1.807) is 32.0 Å². The third-order valence-corrected chi connectivity index (χ3v) is 5.66. The highest BCUT2D eigenvalue weighted by Crippen LogP contribution is 2.39. The van der Waals surface area contributed by atoms with Crippen LogP contribution in [0.4, 0.5) is 18.9 Å². The largest absolute Gasteiger partial charge is 0.489 e. The van der Waals surface area contributed by atoms with Crippen molar-refractivity contribution in [2.24, 2.45) is 0 Å². The summed E-state index contributed by atoms with van der Waals surface area (Å²) in [6.45, 7) is 3.22. The number of halogens is 4. The molecule has 1 amide bonds. The van der Waals surface area contributed by atoms with Crippen LogP contribution in [-0.2, 0) is 20.9 Å². The van der Waals surface area contributed by atoms with Gasteiger partial charge >= 0.3 is 18.1 Å². The molecular formula is C21H19BrF3NO4. The Kier molecular flexibility index (Phi) is 6.40. The molecule has 0 aliphatic carbocycles. The molecule has 1 heterocycles. The summed E-state index contributed by atoms with van der Waals surface area (Å²) in [5, 5.41) is 0. The van der Waals surface area contributed by atoms with Crippen molar-refractivity contribution in [3.63, 3.8) is 0 Å². The lowest BCUT2D eigenvalue weighted by Gasteiger charge is -2.25. The summed E-state index contributed by atoms with van der Waals surface area (Å²) >= 11 is 3.35. The van der Waals surface area contributed by atoms with Gasteiger partial charge in [-0.1, -0.05) is 35.0 Å². The van der Waals surface area contributed by atoms with E-state index in [1.165, 1.54) is 18.2 Å². The van der Waals surface area contributed by atoms with Crippen molar-refractivity contribution in [2.75, 3.05) is 11.5 Å². The van der Waals surface area contributed by atoms with Gasteiger partial charge in [0.25, 0.3) is 0 Å². The van der Waals surface area contributed by atoms with Crippen LogP contribution in [0.3, 0.4) is 0 Å². The maximum atomic E-state index is 13.3. The molecule has 3 rings (SSSR count). The first-order chi connectivity index (χ1) is 14.1. The van der Waals surface area contributed by atoms with Gasteiger partial charge in [-0.2, -0.15) is 13.2 Å². The quantitative estimate of drug-likeness (QED) is 0.543. The number of esters is 1. The molecule has 1 aliphatic heterocycles. The number of carbonyl (C=O) groups is 2. The Labute approximate surface area is 179 Å². The van der Waals surface area contributed by atoms with Crippen LogP contribution in [0.25, 0.3) is 0 Å². The number of hydrogen-bond donors (Lipinski definition) is 0. The number of fused-ring (bicyclic) bond motifs is 1. The molecule has 1 aliphatic rings. The van der Waals surface area contributed by atoms with E-state index in [-0.39, 0.29) is 31.0 Å². The maximum absolute atomic E-state index is 13.3. The normalized spacial score (nSPS) is 15.3. The zero-order valence-electron chi connectivity index (χ0n) is 16.3. The fraction of sp³-hybridized carbons (Fsp3) is 0.333. The van der Waals surface area contributed by atoms with Gasteiger partial charge in [-0.25, -0.2) is 0 Å². The molecule has 2 aromatic carbocycles. The average Bonchev–Trinajstić information content (AvgIpc) is 3.09. The van der Waals surface area contributed by atoms with Crippen molar-refractivity contribution in [1.29, 1.82) is 0 Å². The lowest BCUT2D eigenvalue weighted by Crippen LogP contribution is -2.41. The number of ether oxygens (including phenoxy) is 2. The zero-order chi connectivity index (χ0) is 22.1. The predicted octanol–water partition coefficient (Wildman–Crippen LogP) is 5.24. The predicted molar refractivity (Wildman–Crippen MR) is 107 cm³/mol. The van der Waals surface area contributed by atoms with Gasteiger partial charge in [-0.15, -0.1) is 0 Å². The summed E-state index contributed by atoms with van der Waals surface area (Å²) in [5.74, 6) is -2.10. The van der Waals surface area contributed by atoms with E-state index in [1.807, 2.05) is 0 Å². The molecule has 0 aromatic heterocycles. The molecule has 30 heavy (non-hydrogen) atoms. The van der Waals surface area contributed by atoms with Gasteiger partial charge in [0, 0.05) is 28.2 Å². The number of benzene rings is 2. The SMILES string of the molecule is CCC(=O)O[C@@H]1COc2cc(N(Cc3cccc(Br)c3C)C(=O)C(F)(F)F)ccc21.